The Hall–Kier alpha value is -3.89. The first-order valence-electron chi connectivity index (χ1n) is 11.3. The molecule has 1 heterocycles. The number of carboxylic acids is 1. The molecule has 2 aliphatic rings. The highest BCUT2D eigenvalue weighted by molar-refractivity contribution is 6.03. The number of anilines is 1. The van der Waals surface area contributed by atoms with E-state index in [9.17, 15) is 32.3 Å². The summed E-state index contributed by atoms with van der Waals surface area (Å²) < 4.78 is 57.5. The van der Waals surface area contributed by atoms with Gasteiger partial charge < -0.3 is 15.2 Å². The van der Waals surface area contributed by atoms with Crippen LogP contribution in [0.5, 0.6) is 5.75 Å². The minimum Gasteiger partial charge on any atom is -0.478 e. The summed E-state index contributed by atoms with van der Waals surface area (Å²) in [5.41, 5.74) is -0.0558. The van der Waals surface area contributed by atoms with E-state index in [1.54, 1.807) is 24.5 Å². The molecule has 11 heteroatoms. The van der Waals surface area contributed by atoms with Crippen molar-refractivity contribution in [3.8, 4) is 16.9 Å². The van der Waals surface area contributed by atoms with Crippen molar-refractivity contribution in [3.63, 3.8) is 0 Å². The quantitative estimate of drug-likeness (QED) is 0.405. The zero-order chi connectivity index (χ0) is 25.7. The number of hydrogen-bond donors (Lipinski definition) is 2. The standard InChI is InChI=1S/C25H21F4N3O4/c26-21-11-17(36-25(27,28)29)5-7-20(21)24(8-9-24)23(35)31-15-4-6-18(19(10-15)22(33)34)14-12-30-32(13-14)16-2-1-3-16/h4-7,10-13,16H,1-3,8-9H2,(H,31,35)(H,33,34). The summed E-state index contributed by atoms with van der Waals surface area (Å²) in [6.07, 6.45) is 2.21. The van der Waals surface area contributed by atoms with E-state index >= 15 is 0 Å². The van der Waals surface area contributed by atoms with Crippen LogP contribution in [-0.2, 0) is 10.2 Å². The first-order valence-corrected chi connectivity index (χ1v) is 11.3. The van der Waals surface area contributed by atoms with E-state index < -0.39 is 35.2 Å². The van der Waals surface area contributed by atoms with Crippen molar-refractivity contribution >= 4 is 17.6 Å². The molecule has 2 aromatic carbocycles. The largest absolute Gasteiger partial charge is 0.573 e. The summed E-state index contributed by atoms with van der Waals surface area (Å²) in [6, 6.07) is 7.42. The average molecular weight is 503 g/mol. The van der Waals surface area contributed by atoms with Gasteiger partial charge in [0.05, 0.1) is 23.2 Å². The molecule has 2 aliphatic carbocycles. The van der Waals surface area contributed by atoms with Crippen molar-refractivity contribution in [2.24, 2.45) is 0 Å². The van der Waals surface area contributed by atoms with Crippen LogP contribution in [0.4, 0.5) is 23.2 Å². The second-order valence-electron chi connectivity index (χ2n) is 9.08. The number of rotatable bonds is 7. The third-order valence-corrected chi connectivity index (χ3v) is 6.74. The number of nitrogens with one attached hydrogen (secondary N) is 1. The van der Waals surface area contributed by atoms with E-state index in [4.69, 9.17) is 0 Å². The summed E-state index contributed by atoms with van der Waals surface area (Å²) in [5, 5.41) is 16.7. The molecule has 0 aliphatic heterocycles. The number of carbonyl (C=O) groups excluding carboxylic acids is 1. The fourth-order valence-corrected chi connectivity index (χ4v) is 4.45. The molecule has 5 rings (SSSR count). The van der Waals surface area contributed by atoms with Crippen LogP contribution in [0.25, 0.3) is 11.1 Å². The van der Waals surface area contributed by atoms with E-state index in [1.807, 2.05) is 4.68 Å². The second-order valence-corrected chi connectivity index (χ2v) is 9.08. The molecule has 2 N–H and O–H groups in total. The summed E-state index contributed by atoms with van der Waals surface area (Å²) in [7, 11) is 0. The molecular formula is C25H21F4N3O4. The molecule has 0 spiro atoms. The highest BCUT2D eigenvalue weighted by atomic mass is 19.4. The Labute approximate surface area is 202 Å². The van der Waals surface area contributed by atoms with Crippen molar-refractivity contribution < 1.29 is 37.0 Å². The zero-order valence-corrected chi connectivity index (χ0v) is 18.8. The number of amides is 1. The molecule has 0 atom stereocenters. The highest BCUT2D eigenvalue weighted by Crippen LogP contribution is 2.50. The van der Waals surface area contributed by atoms with Gasteiger partial charge in [-0.3, -0.25) is 9.48 Å². The van der Waals surface area contributed by atoms with Crippen LogP contribution in [0.3, 0.4) is 0 Å². The number of ether oxygens (including phenoxy) is 1. The molecular weight excluding hydrogens is 482 g/mol. The molecule has 1 amide bonds. The number of carbonyl (C=O) groups is 2. The van der Waals surface area contributed by atoms with Crippen LogP contribution in [0.15, 0.2) is 48.8 Å². The number of alkyl halides is 3. The van der Waals surface area contributed by atoms with Crippen molar-refractivity contribution in [2.45, 2.75) is 49.9 Å². The fraction of sp³-hybridized carbons (Fsp3) is 0.320. The average Bonchev–Trinajstić information content (AvgIpc) is 3.43. The molecule has 1 aromatic heterocycles. The number of halogens is 4. The Balaban J connectivity index is 1.37. The van der Waals surface area contributed by atoms with Gasteiger partial charge in [0.1, 0.15) is 11.6 Å². The monoisotopic (exact) mass is 503 g/mol. The number of aromatic carboxylic acids is 1. The minimum absolute atomic E-state index is 0.0364. The van der Waals surface area contributed by atoms with Crippen LogP contribution in [0.2, 0.25) is 0 Å². The number of carboxylic acid groups (broad SMARTS) is 1. The summed E-state index contributed by atoms with van der Waals surface area (Å²) in [4.78, 5) is 25.0. The van der Waals surface area contributed by atoms with Gasteiger partial charge in [-0.15, -0.1) is 13.2 Å². The van der Waals surface area contributed by atoms with Crippen molar-refractivity contribution in [1.82, 2.24) is 9.78 Å². The topological polar surface area (TPSA) is 93.5 Å². The maximum absolute atomic E-state index is 14.6. The van der Waals surface area contributed by atoms with E-state index in [2.05, 4.69) is 15.2 Å². The predicted molar refractivity (Wildman–Crippen MR) is 120 cm³/mol. The van der Waals surface area contributed by atoms with Crippen LogP contribution >= 0.6 is 0 Å². The number of hydrogen-bond acceptors (Lipinski definition) is 4. The van der Waals surface area contributed by atoms with Gasteiger partial charge in [0, 0.05) is 29.1 Å². The van der Waals surface area contributed by atoms with Gasteiger partial charge in [-0.1, -0.05) is 12.1 Å². The van der Waals surface area contributed by atoms with Gasteiger partial charge >= 0.3 is 12.3 Å². The van der Waals surface area contributed by atoms with Gasteiger partial charge in [0.2, 0.25) is 5.91 Å². The van der Waals surface area contributed by atoms with Crippen LogP contribution in [-0.4, -0.2) is 33.1 Å². The molecule has 0 saturated heterocycles. The Morgan fingerprint density at radius 2 is 1.89 bits per heavy atom. The molecule has 188 valence electrons. The Morgan fingerprint density at radius 1 is 1.14 bits per heavy atom. The van der Waals surface area contributed by atoms with Gasteiger partial charge in [-0.25, -0.2) is 9.18 Å². The fourth-order valence-electron chi connectivity index (χ4n) is 4.45. The maximum atomic E-state index is 14.6. The minimum atomic E-state index is -4.97. The first kappa shape index (κ1) is 23.8. The molecule has 36 heavy (non-hydrogen) atoms. The van der Waals surface area contributed by atoms with Crippen LogP contribution < -0.4 is 10.1 Å². The normalized spacial score (nSPS) is 16.8. The molecule has 0 bridgehead atoms. The van der Waals surface area contributed by atoms with Gasteiger partial charge in [0.25, 0.3) is 0 Å². The lowest BCUT2D eigenvalue weighted by Crippen LogP contribution is -2.29. The van der Waals surface area contributed by atoms with E-state index in [-0.39, 0.29) is 16.8 Å². The first-order chi connectivity index (χ1) is 17.1. The molecule has 0 radical (unpaired) electrons. The molecule has 2 fully saturated rings. The van der Waals surface area contributed by atoms with Gasteiger partial charge in [-0.05, 0) is 55.9 Å². The smallest absolute Gasteiger partial charge is 0.478 e. The van der Waals surface area contributed by atoms with E-state index in [1.165, 1.54) is 6.07 Å². The van der Waals surface area contributed by atoms with Crippen molar-refractivity contribution in [1.29, 1.82) is 0 Å². The van der Waals surface area contributed by atoms with Crippen LogP contribution in [0.1, 0.15) is 54.1 Å². The molecule has 2 saturated carbocycles. The third kappa shape index (κ3) is 4.52. The maximum Gasteiger partial charge on any atom is 0.573 e. The Morgan fingerprint density at radius 3 is 2.47 bits per heavy atom. The number of aromatic nitrogens is 2. The zero-order valence-electron chi connectivity index (χ0n) is 18.8. The molecule has 3 aromatic rings. The lowest BCUT2D eigenvalue weighted by atomic mass is 9.93. The number of benzene rings is 2. The lowest BCUT2D eigenvalue weighted by molar-refractivity contribution is -0.274. The highest BCUT2D eigenvalue weighted by Gasteiger charge is 2.53. The second kappa shape index (κ2) is 8.65. The van der Waals surface area contributed by atoms with E-state index in [0.29, 0.717) is 36.1 Å². The third-order valence-electron chi connectivity index (χ3n) is 6.74. The van der Waals surface area contributed by atoms with Gasteiger partial charge in [-0.2, -0.15) is 5.10 Å². The van der Waals surface area contributed by atoms with E-state index in [0.717, 1.165) is 31.4 Å². The van der Waals surface area contributed by atoms with Crippen molar-refractivity contribution in [2.75, 3.05) is 5.32 Å². The summed E-state index contributed by atoms with van der Waals surface area (Å²) in [5.74, 6) is -3.48. The van der Waals surface area contributed by atoms with Gasteiger partial charge in [0.15, 0.2) is 0 Å². The number of nitrogens with zero attached hydrogens (tertiary/aromatic N) is 2. The SMILES string of the molecule is O=C(O)c1cc(NC(=O)C2(c3ccc(OC(F)(F)F)cc3F)CC2)ccc1-c1cnn(C2CCC2)c1. The van der Waals surface area contributed by atoms with Crippen molar-refractivity contribution in [3.05, 3.63) is 65.7 Å². The summed E-state index contributed by atoms with van der Waals surface area (Å²) in [6.45, 7) is 0. The Bertz CT molecular complexity index is 1340. The predicted octanol–water partition coefficient (Wildman–Crippen LogP) is 5.68. The summed E-state index contributed by atoms with van der Waals surface area (Å²) >= 11 is 0. The lowest BCUT2D eigenvalue weighted by Gasteiger charge is -2.25. The molecule has 7 nitrogen and oxygen atoms in total. The molecule has 0 unspecified atom stereocenters. The van der Waals surface area contributed by atoms with Crippen LogP contribution in [0, 0.1) is 5.82 Å². The Kier molecular flexibility index (Phi) is 5.73.